The van der Waals surface area contributed by atoms with E-state index in [0.29, 0.717) is 18.7 Å². The molecule has 142 valence electrons. The number of aliphatic carboxylic acids is 1. The van der Waals surface area contributed by atoms with Gasteiger partial charge in [0.05, 0.1) is 17.0 Å². The molecular formula is C19H16Cl2FNO4. The predicted octanol–water partition coefficient (Wildman–Crippen LogP) is 4.79. The molecule has 2 aromatic carbocycles. The Balaban J connectivity index is 1.85. The van der Waals surface area contributed by atoms with Gasteiger partial charge in [-0.3, -0.25) is 9.59 Å². The number of rotatable bonds is 5. The number of halogens is 3. The number of hydrogen-bond donors (Lipinski definition) is 1. The van der Waals surface area contributed by atoms with Crippen molar-refractivity contribution in [3.05, 3.63) is 57.3 Å². The van der Waals surface area contributed by atoms with Gasteiger partial charge < -0.3 is 14.7 Å². The van der Waals surface area contributed by atoms with E-state index in [-0.39, 0.29) is 39.4 Å². The highest BCUT2D eigenvalue weighted by atomic mass is 35.5. The highest BCUT2D eigenvalue weighted by Crippen LogP contribution is 2.32. The number of carbonyl (C=O) groups is 2. The molecule has 0 aromatic heterocycles. The SMILES string of the molecule is O=C(O)Cc1cc(Cl)cc(Oc2cc(Cl)c(C(=O)N3CCCC3)cc2F)c1. The number of likely N-dealkylation sites (tertiary alicyclic amines) is 1. The van der Waals surface area contributed by atoms with Gasteiger partial charge in [0, 0.05) is 24.2 Å². The third-order valence-electron chi connectivity index (χ3n) is 4.16. The summed E-state index contributed by atoms with van der Waals surface area (Å²) >= 11 is 12.1. The maximum atomic E-state index is 14.5. The lowest BCUT2D eigenvalue weighted by atomic mass is 10.1. The Hall–Kier alpha value is -2.31. The summed E-state index contributed by atoms with van der Waals surface area (Å²) in [5, 5.41) is 9.23. The van der Waals surface area contributed by atoms with Gasteiger partial charge in [0.15, 0.2) is 11.6 Å². The van der Waals surface area contributed by atoms with Crippen molar-refractivity contribution in [2.45, 2.75) is 19.3 Å². The fourth-order valence-electron chi connectivity index (χ4n) is 2.94. The minimum Gasteiger partial charge on any atom is -0.481 e. The summed E-state index contributed by atoms with van der Waals surface area (Å²) in [6.45, 7) is 1.26. The average molecular weight is 412 g/mol. The Morgan fingerprint density at radius 1 is 1.11 bits per heavy atom. The van der Waals surface area contributed by atoms with Crippen molar-refractivity contribution in [2.75, 3.05) is 13.1 Å². The second-order valence-electron chi connectivity index (χ2n) is 6.23. The van der Waals surface area contributed by atoms with Crippen molar-refractivity contribution < 1.29 is 23.8 Å². The molecule has 27 heavy (non-hydrogen) atoms. The first-order valence-electron chi connectivity index (χ1n) is 8.31. The molecule has 0 bridgehead atoms. The lowest BCUT2D eigenvalue weighted by Gasteiger charge is -2.17. The Labute approximate surface area is 165 Å². The topological polar surface area (TPSA) is 66.8 Å². The van der Waals surface area contributed by atoms with Crippen LogP contribution in [0.5, 0.6) is 11.5 Å². The van der Waals surface area contributed by atoms with E-state index in [0.717, 1.165) is 18.9 Å². The van der Waals surface area contributed by atoms with Gasteiger partial charge in [-0.25, -0.2) is 4.39 Å². The smallest absolute Gasteiger partial charge is 0.307 e. The summed E-state index contributed by atoms with van der Waals surface area (Å²) < 4.78 is 20.0. The molecular weight excluding hydrogens is 396 g/mol. The molecule has 0 aliphatic carbocycles. The minimum absolute atomic E-state index is 0.0797. The molecule has 0 atom stereocenters. The fourth-order valence-corrected chi connectivity index (χ4v) is 3.43. The maximum Gasteiger partial charge on any atom is 0.307 e. The van der Waals surface area contributed by atoms with Gasteiger partial charge in [-0.1, -0.05) is 23.2 Å². The third kappa shape index (κ3) is 4.70. The number of hydrogen-bond acceptors (Lipinski definition) is 3. The number of nitrogens with zero attached hydrogens (tertiary/aromatic N) is 1. The van der Waals surface area contributed by atoms with E-state index in [9.17, 15) is 14.0 Å². The molecule has 1 amide bonds. The summed E-state index contributed by atoms with van der Waals surface area (Å²) in [6, 6.07) is 6.67. The van der Waals surface area contributed by atoms with Crippen molar-refractivity contribution in [3.63, 3.8) is 0 Å². The van der Waals surface area contributed by atoms with Crippen LogP contribution in [0.4, 0.5) is 4.39 Å². The van der Waals surface area contributed by atoms with Gasteiger partial charge in [0.25, 0.3) is 5.91 Å². The van der Waals surface area contributed by atoms with Crippen LogP contribution in [0.25, 0.3) is 0 Å². The van der Waals surface area contributed by atoms with Crippen LogP contribution in [-0.2, 0) is 11.2 Å². The molecule has 1 fully saturated rings. The zero-order valence-electron chi connectivity index (χ0n) is 14.2. The van der Waals surface area contributed by atoms with E-state index in [1.54, 1.807) is 4.90 Å². The van der Waals surface area contributed by atoms with E-state index in [1.165, 1.54) is 24.3 Å². The first-order chi connectivity index (χ1) is 12.8. The monoisotopic (exact) mass is 411 g/mol. The molecule has 1 N–H and O–H groups in total. The quantitative estimate of drug-likeness (QED) is 0.767. The molecule has 1 aliphatic heterocycles. The van der Waals surface area contributed by atoms with E-state index >= 15 is 0 Å². The summed E-state index contributed by atoms with van der Waals surface area (Å²) in [5.41, 5.74) is 0.499. The van der Waals surface area contributed by atoms with Gasteiger partial charge in [-0.2, -0.15) is 0 Å². The molecule has 2 aromatic rings. The minimum atomic E-state index is -1.03. The molecule has 0 radical (unpaired) electrons. The number of carboxylic acid groups (broad SMARTS) is 1. The standard InChI is InChI=1S/C19H16Cl2FNO4/c20-12-5-11(7-18(24)25)6-13(8-12)27-17-10-15(21)14(9-16(17)22)19(26)23-3-1-2-4-23/h5-6,8-10H,1-4,7H2,(H,24,25). The number of carboxylic acids is 1. The lowest BCUT2D eigenvalue weighted by Crippen LogP contribution is -2.27. The Bertz CT molecular complexity index is 898. The molecule has 1 saturated heterocycles. The van der Waals surface area contributed by atoms with Crippen molar-refractivity contribution >= 4 is 35.1 Å². The highest BCUT2D eigenvalue weighted by Gasteiger charge is 2.23. The molecule has 3 rings (SSSR count). The van der Waals surface area contributed by atoms with Crippen LogP contribution < -0.4 is 4.74 Å². The fraction of sp³-hybridized carbons (Fsp3) is 0.263. The first kappa shape index (κ1) is 19.5. The molecule has 0 unspecified atom stereocenters. The van der Waals surface area contributed by atoms with E-state index in [2.05, 4.69) is 0 Å². The second-order valence-corrected chi connectivity index (χ2v) is 7.07. The van der Waals surface area contributed by atoms with Crippen molar-refractivity contribution in [1.82, 2.24) is 4.90 Å². The van der Waals surface area contributed by atoms with Gasteiger partial charge in [-0.15, -0.1) is 0 Å². The molecule has 8 heteroatoms. The average Bonchev–Trinajstić information content (AvgIpc) is 3.10. The van der Waals surface area contributed by atoms with E-state index < -0.39 is 11.8 Å². The van der Waals surface area contributed by atoms with Crippen molar-refractivity contribution in [3.8, 4) is 11.5 Å². The van der Waals surface area contributed by atoms with Crippen LogP contribution >= 0.6 is 23.2 Å². The third-order valence-corrected chi connectivity index (χ3v) is 4.69. The largest absolute Gasteiger partial charge is 0.481 e. The van der Waals surface area contributed by atoms with Gasteiger partial charge in [0.1, 0.15) is 5.75 Å². The van der Waals surface area contributed by atoms with Gasteiger partial charge >= 0.3 is 5.97 Å². The predicted molar refractivity (Wildman–Crippen MR) is 99.4 cm³/mol. The van der Waals surface area contributed by atoms with Crippen LogP contribution in [0.2, 0.25) is 10.0 Å². The lowest BCUT2D eigenvalue weighted by molar-refractivity contribution is -0.136. The highest BCUT2D eigenvalue weighted by molar-refractivity contribution is 6.34. The van der Waals surface area contributed by atoms with E-state index in [4.69, 9.17) is 33.0 Å². The van der Waals surface area contributed by atoms with Crippen LogP contribution in [-0.4, -0.2) is 35.0 Å². The van der Waals surface area contributed by atoms with Crippen molar-refractivity contribution in [1.29, 1.82) is 0 Å². The second kappa shape index (κ2) is 8.15. The normalized spacial score (nSPS) is 13.7. The molecule has 1 aliphatic rings. The summed E-state index contributed by atoms with van der Waals surface area (Å²) in [6.07, 6.45) is 1.59. The van der Waals surface area contributed by atoms with Crippen LogP contribution in [0.15, 0.2) is 30.3 Å². The maximum absolute atomic E-state index is 14.5. The zero-order valence-corrected chi connectivity index (χ0v) is 15.7. The van der Waals surface area contributed by atoms with Gasteiger partial charge in [-0.05, 0) is 42.7 Å². The molecule has 1 heterocycles. The number of amides is 1. The Morgan fingerprint density at radius 3 is 2.48 bits per heavy atom. The molecule has 0 saturated carbocycles. The Morgan fingerprint density at radius 2 is 1.81 bits per heavy atom. The zero-order chi connectivity index (χ0) is 19.6. The summed E-state index contributed by atoms with van der Waals surface area (Å²) in [5.74, 6) is -2.09. The molecule has 5 nitrogen and oxygen atoms in total. The van der Waals surface area contributed by atoms with Crippen LogP contribution in [0.3, 0.4) is 0 Å². The van der Waals surface area contributed by atoms with Crippen molar-refractivity contribution in [2.24, 2.45) is 0 Å². The number of carbonyl (C=O) groups excluding carboxylic acids is 1. The Kier molecular flexibility index (Phi) is 5.87. The van der Waals surface area contributed by atoms with Gasteiger partial charge in [0.2, 0.25) is 0 Å². The van der Waals surface area contributed by atoms with Crippen LogP contribution in [0.1, 0.15) is 28.8 Å². The summed E-state index contributed by atoms with van der Waals surface area (Å²) in [4.78, 5) is 24.9. The number of ether oxygens (including phenoxy) is 1. The molecule has 0 spiro atoms. The summed E-state index contributed by atoms with van der Waals surface area (Å²) in [7, 11) is 0. The van der Waals surface area contributed by atoms with E-state index in [1.807, 2.05) is 0 Å². The number of benzene rings is 2. The van der Waals surface area contributed by atoms with Crippen LogP contribution in [0, 0.1) is 5.82 Å². The first-order valence-corrected chi connectivity index (χ1v) is 9.06.